The summed E-state index contributed by atoms with van der Waals surface area (Å²) in [6, 6.07) is 66.3. The zero-order valence-corrected chi connectivity index (χ0v) is 36.5. The molecule has 0 saturated heterocycles. The maximum Gasteiger partial charge on any atom is 0.252 e. The zero-order valence-electron chi connectivity index (χ0n) is 36.5. The van der Waals surface area contributed by atoms with Crippen LogP contribution in [-0.4, -0.2) is 12.3 Å². The summed E-state index contributed by atoms with van der Waals surface area (Å²) in [5.41, 5.74) is 19.6. The third kappa shape index (κ3) is 5.19. The lowest BCUT2D eigenvalue weighted by molar-refractivity contribution is 0.195. The molecule has 0 radical (unpaired) electrons. The van der Waals surface area contributed by atoms with Gasteiger partial charge in [0.1, 0.15) is 0 Å². The second-order valence-corrected chi connectivity index (χ2v) is 19.6. The van der Waals surface area contributed by atoms with Crippen LogP contribution in [0.5, 0.6) is 0 Å². The minimum atomic E-state index is 0.0110. The Labute approximate surface area is 367 Å². The molecule has 0 N–H and O–H groups in total. The fourth-order valence-corrected chi connectivity index (χ4v) is 12.2. The van der Waals surface area contributed by atoms with Gasteiger partial charge in [0.2, 0.25) is 0 Å². The number of anilines is 8. The average Bonchev–Trinajstić information content (AvgIpc) is 3.51. The van der Waals surface area contributed by atoms with Gasteiger partial charge in [0.05, 0.1) is 5.54 Å². The molecular weight excluding hydrogens is 749 g/mol. The van der Waals surface area contributed by atoms with Gasteiger partial charge in [-0.2, -0.15) is 0 Å². The molecule has 3 nitrogen and oxygen atoms in total. The van der Waals surface area contributed by atoms with E-state index in [-0.39, 0.29) is 23.1 Å². The molecule has 3 heterocycles. The summed E-state index contributed by atoms with van der Waals surface area (Å²) < 4.78 is 0. The number of benzene rings is 8. The Kier molecular flexibility index (Phi) is 8.11. The van der Waals surface area contributed by atoms with Crippen molar-refractivity contribution in [3.8, 4) is 11.1 Å². The minimum absolute atomic E-state index is 0.0110. The maximum atomic E-state index is 2.80. The molecule has 1 saturated carbocycles. The van der Waals surface area contributed by atoms with Gasteiger partial charge in [-0.1, -0.05) is 156 Å². The minimum Gasteiger partial charge on any atom is -0.335 e. The molecule has 8 aromatic carbocycles. The molecule has 1 aliphatic carbocycles. The summed E-state index contributed by atoms with van der Waals surface area (Å²) in [4.78, 5) is 7.79. The SMILES string of the molecule is CC(C)(C)c1ccc(-c2cccc(N(c3ccccc3)c3ccc4c(c3)N(c3ccccc3)c3cccc5c3B4c3cccc4c3N5C3(C)CCCCC43C)c2)c2ccccc12. The molecule has 12 rings (SSSR count). The van der Waals surface area contributed by atoms with Gasteiger partial charge in [-0.15, -0.1) is 0 Å². The van der Waals surface area contributed by atoms with E-state index < -0.39 is 0 Å². The van der Waals surface area contributed by atoms with Crippen LogP contribution in [0, 0.1) is 0 Å². The first-order valence-electron chi connectivity index (χ1n) is 22.7. The monoisotopic (exact) mass is 801 g/mol. The molecule has 8 aromatic rings. The Balaban J connectivity index is 1.07. The number of fused-ring (bicyclic) bond motifs is 8. The van der Waals surface area contributed by atoms with Gasteiger partial charge < -0.3 is 14.7 Å². The standard InChI is InChI=1S/C58H52BN3/c1-56(2,3)47-33-32-44(45-25-12-13-26-46(45)47)39-19-16-24-42(37-39)60(40-20-8-6-9-21-40)43-31-34-49-53(38-43)61(41-22-10-7-11-23-41)51-29-18-30-52-54(51)59(49)50-28-17-27-48-55(50)62(52)58(5)36-15-14-35-57(48,58)4/h6-13,16-34,37-38H,14-15,35-36H2,1-5H3. The van der Waals surface area contributed by atoms with Crippen molar-refractivity contribution in [2.75, 3.05) is 14.7 Å². The highest BCUT2D eigenvalue weighted by molar-refractivity contribution is 7.00. The van der Waals surface area contributed by atoms with Crippen molar-refractivity contribution in [3.05, 3.63) is 187 Å². The molecule has 302 valence electrons. The highest BCUT2D eigenvalue weighted by atomic mass is 15.3. The maximum absolute atomic E-state index is 2.80. The number of nitrogens with zero attached hydrogens (tertiary/aromatic N) is 3. The summed E-state index contributed by atoms with van der Waals surface area (Å²) in [5, 5.41) is 2.60. The summed E-state index contributed by atoms with van der Waals surface area (Å²) in [7, 11) is 0. The first kappa shape index (κ1) is 37.3. The van der Waals surface area contributed by atoms with Gasteiger partial charge >= 0.3 is 0 Å². The smallest absolute Gasteiger partial charge is 0.252 e. The summed E-state index contributed by atoms with van der Waals surface area (Å²) in [6.45, 7) is 12.2. The van der Waals surface area contributed by atoms with Gasteiger partial charge in [0.15, 0.2) is 0 Å². The largest absolute Gasteiger partial charge is 0.335 e. The van der Waals surface area contributed by atoms with Crippen molar-refractivity contribution in [2.24, 2.45) is 0 Å². The highest BCUT2D eigenvalue weighted by Crippen LogP contribution is 2.61. The van der Waals surface area contributed by atoms with Crippen molar-refractivity contribution in [1.29, 1.82) is 0 Å². The molecule has 0 aromatic heterocycles. The predicted molar refractivity (Wildman–Crippen MR) is 265 cm³/mol. The van der Waals surface area contributed by atoms with Crippen LogP contribution >= 0.6 is 0 Å². The molecule has 4 heteroatoms. The second-order valence-electron chi connectivity index (χ2n) is 19.6. The lowest BCUT2D eigenvalue weighted by Crippen LogP contribution is -2.64. The molecule has 0 amide bonds. The van der Waals surface area contributed by atoms with E-state index in [2.05, 4.69) is 225 Å². The number of para-hydroxylation sites is 3. The Morgan fingerprint density at radius 3 is 2.03 bits per heavy atom. The molecular formula is C58H52BN3. The summed E-state index contributed by atoms with van der Waals surface area (Å²) in [5.74, 6) is 0. The van der Waals surface area contributed by atoms with Crippen molar-refractivity contribution in [1.82, 2.24) is 0 Å². The number of rotatable bonds is 5. The van der Waals surface area contributed by atoms with Crippen LogP contribution in [0.3, 0.4) is 0 Å². The molecule has 2 unspecified atom stereocenters. The molecule has 0 bridgehead atoms. The van der Waals surface area contributed by atoms with E-state index in [0.717, 1.165) is 17.1 Å². The van der Waals surface area contributed by atoms with Gasteiger partial charge in [0, 0.05) is 50.9 Å². The van der Waals surface area contributed by atoms with Gasteiger partial charge in [-0.05, 0) is 135 Å². The van der Waals surface area contributed by atoms with Crippen molar-refractivity contribution < 1.29 is 0 Å². The zero-order chi connectivity index (χ0) is 42.0. The number of hydrogen-bond donors (Lipinski definition) is 0. The van der Waals surface area contributed by atoms with Crippen molar-refractivity contribution in [2.45, 2.75) is 76.7 Å². The van der Waals surface area contributed by atoms with Crippen molar-refractivity contribution >= 4 is 79.4 Å². The third-order valence-electron chi connectivity index (χ3n) is 15.3. The molecule has 2 atom stereocenters. The lowest BCUT2D eigenvalue weighted by atomic mass is 9.33. The van der Waals surface area contributed by atoms with Crippen LogP contribution in [0.2, 0.25) is 0 Å². The van der Waals surface area contributed by atoms with E-state index in [9.17, 15) is 0 Å². The third-order valence-corrected chi connectivity index (χ3v) is 15.3. The number of hydrogen-bond acceptors (Lipinski definition) is 3. The molecule has 0 spiro atoms. The highest BCUT2D eigenvalue weighted by Gasteiger charge is 2.61. The molecule has 3 aliphatic heterocycles. The molecule has 62 heavy (non-hydrogen) atoms. The van der Waals surface area contributed by atoms with E-state index in [1.165, 1.54) is 104 Å². The van der Waals surface area contributed by atoms with Crippen molar-refractivity contribution in [3.63, 3.8) is 0 Å². The topological polar surface area (TPSA) is 9.72 Å². The average molecular weight is 802 g/mol. The predicted octanol–water partition coefficient (Wildman–Crippen LogP) is 13.6. The first-order valence-corrected chi connectivity index (χ1v) is 22.7. The van der Waals surface area contributed by atoms with E-state index in [4.69, 9.17) is 0 Å². The Morgan fingerprint density at radius 1 is 0.548 bits per heavy atom. The Bertz CT molecular complexity index is 3080. The Hall–Kier alpha value is -6.52. The van der Waals surface area contributed by atoms with Crippen LogP contribution in [0.4, 0.5) is 45.5 Å². The fourth-order valence-electron chi connectivity index (χ4n) is 12.2. The van der Waals surface area contributed by atoms with Crippen LogP contribution in [-0.2, 0) is 10.8 Å². The fraction of sp³-hybridized carbons (Fsp3) is 0.207. The quantitative estimate of drug-likeness (QED) is 0.161. The van der Waals surface area contributed by atoms with Crippen LogP contribution < -0.4 is 31.1 Å². The van der Waals surface area contributed by atoms with Crippen LogP contribution in [0.25, 0.3) is 21.9 Å². The van der Waals surface area contributed by atoms with Gasteiger partial charge in [-0.25, -0.2) is 0 Å². The summed E-state index contributed by atoms with van der Waals surface area (Å²) in [6.07, 6.45) is 4.98. The Morgan fingerprint density at radius 2 is 1.23 bits per heavy atom. The normalized spacial score (nSPS) is 19.5. The lowest BCUT2D eigenvalue weighted by Gasteiger charge is -2.52. The van der Waals surface area contributed by atoms with E-state index in [0.29, 0.717) is 0 Å². The second kappa shape index (κ2) is 13.5. The van der Waals surface area contributed by atoms with E-state index >= 15 is 0 Å². The molecule has 1 fully saturated rings. The van der Waals surface area contributed by atoms with E-state index in [1.807, 2.05) is 0 Å². The van der Waals surface area contributed by atoms with Gasteiger partial charge in [0.25, 0.3) is 6.71 Å². The summed E-state index contributed by atoms with van der Waals surface area (Å²) >= 11 is 0. The first-order chi connectivity index (χ1) is 30.2. The van der Waals surface area contributed by atoms with Crippen LogP contribution in [0.15, 0.2) is 176 Å². The van der Waals surface area contributed by atoms with Crippen LogP contribution in [0.1, 0.15) is 71.4 Å². The van der Waals surface area contributed by atoms with E-state index in [1.54, 1.807) is 0 Å². The molecule has 4 aliphatic rings. The van der Waals surface area contributed by atoms with Gasteiger partial charge in [-0.3, -0.25) is 0 Å².